The second-order valence-electron chi connectivity index (χ2n) is 6.13. The Morgan fingerprint density at radius 2 is 1.72 bits per heavy atom. The van der Waals surface area contributed by atoms with Gasteiger partial charge in [-0.1, -0.05) is 31.9 Å². The highest BCUT2D eigenvalue weighted by molar-refractivity contribution is 5.38. The monoisotopic (exact) mass is 245 g/mol. The second kappa shape index (κ2) is 5.44. The molecule has 1 heteroatoms. The molecule has 100 valence electrons. The lowest BCUT2D eigenvalue weighted by molar-refractivity contribution is 0.314. The van der Waals surface area contributed by atoms with Gasteiger partial charge in [-0.2, -0.15) is 0 Å². The molecule has 18 heavy (non-hydrogen) atoms. The fourth-order valence-corrected chi connectivity index (χ4v) is 3.59. The van der Waals surface area contributed by atoms with E-state index in [9.17, 15) is 0 Å². The highest BCUT2D eigenvalue weighted by atomic mass is 14.9. The topological polar surface area (TPSA) is 12.0 Å². The minimum Gasteiger partial charge on any atom is -0.313 e. The molecule has 1 N–H and O–H groups in total. The molecule has 0 aliphatic heterocycles. The smallest absolute Gasteiger partial charge is 0.0351 e. The standard InChI is InChI=1S/C17H27N/c1-11-7-6-8-15(11)17(18-5)16-10-13(3)12(2)9-14(16)4/h9-11,15,17-18H,6-8H2,1-5H3. The molecule has 0 bridgehead atoms. The molecule has 0 spiro atoms. The largest absolute Gasteiger partial charge is 0.313 e. The minimum absolute atomic E-state index is 0.529. The van der Waals surface area contributed by atoms with Crippen LogP contribution >= 0.6 is 0 Å². The molecule has 1 aromatic rings. The summed E-state index contributed by atoms with van der Waals surface area (Å²) < 4.78 is 0. The molecule has 3 unspecified atom stereocenters. The molecule has 2 rings (SSSR count). The first kappa shape index (κ1) is 13.6. The van der Waals surface area contributed by atoms with Gasteiger partial charge in [-0.05, 0) is 68.3 Å². The van der Waals surface area contributed by atoms with E-state index < -0.39 is 0 Å². The van der Waals surface area contributed by atoms with Crippen LogP contribution in [0.1, 0.15) is 54.5 Å². The highest BCUT2D eigenvalue weighted by Crippen LogP contribution is 2.41. The maximum atomic E-state index is 3.58. The van der Waals surface area contributed by atoms with Crippen molar-refractivity contribution in [1.29, 1.82) is 0 Å². The van der Waals surface area contributed by atoms with Crippen LogP contribution in [0, 0.1) is 32.6 Å². The van der Waals surface area contributed by atoms with Crippen molar-refractivity contribution < 1.29 is 0 Å². The van der Waals surface area contributed by atoms with Gasteiger partial charge in [-0.15, -0.1) is 0 Å². The van der Waals surface area contributed by atoms with Gasteiger partial charge in [0.05, 0.1) is 0 Å². The van der Waals surface area contributed by atoms with Crippen LogP contribution in [-0.2, 0) is 0 Å². The van der Waals surface area contributed by atoms with E-state index in [1.165, 1.54) is 41.5 Å². The molecular weight excluding hydrogens is 218 g/mol. The van der Waals surface area contributed by atoms with Crippen LogP contribution in [0.2, 0.25) is 0 Å². The summed E-state index contributed by atoms with van der Waals surface area (Å²) in [5.74, 6) is 1.65. The van der Waals surface area contributed by atoms with E-state index in [-0.39, 0.29) is 0 Å². The molecule has 1 aliphatic rings. The number of aryl methyl sites for hydroxylation is 3. The van der Waals surface area contributed by atoms with E-state index in [0.29, 0.717) is 6.04 Å². The molecule has 1 saturated carbocycles. The number of benzene rings is 1. The van der Waals surface area contributed by atoms with E-state index in [0.717, 1.165) is 11.8 Å². The van der Waals surface area contributed by atoms with Crippen molar-refractivity contribution in [3.05, 3.63) is 34.4 Å². The lowest BCUT2D eigenvalue weighted by atomic mass is 9.83. The van der Waals surface area contributed by atoms with Gasteiger partial charge in [-0.3, -0.25) is 0 Å². The Bertz CT molecular complexity index is 422. The van der Waals surface area contributed by atoms with Gasteiger partial charge in [0.2, 0.25) is 0 Å². The Balaban J connectivity index is 2.35. The molecule has 1 nitrogen and oxygen atoms in total. The third-order valence-electron chi connectivity index (χ3n) is 4.88. The Hall–Kier alpha value is -0.820. The number of hydrogen-bond donors (Lipinski definition) is 1. The zero-order chi connectivity index (χ0) is 13.3. The van der Waals surface area contributed by atoms with Crippen LogP contribution in [0.3, 0.4) is 0 Å². The molecule has 0 amide bonds. The van der Waals surface area contributed by atoms with E-state index in [2.05, 4.69) is 52.2 Å². The molecule has 0 radical (unpaired) electrons. The first-order chi connectivity index (χ1) is 8.54. The second-order valence-corrected chi connectivity index (χ2v) is 6.13. The molecule has 0 aromatic heterocycles. The molecule has 1 aliphatic carbocycles. The Morgan fingerprint density at radius 3 is 2.28 bits per heavy atom. The van der Waals surface area contributed by atoms with Gasteiger partial charge < -0.3 is 5.32 Å². The normalized spacial score (nSPS) is 25.4. The Kier molecular flexibility index (Phi) is 4.11. The zero-order valence-corrected chi connectivity index (χ0v) is 12.5. The van der Waals surface area contributed by atoms with E-state index in [1.54, 1.807) is 0 Å². The van der Waals surface area contributed by atoms with Crippen molar-refractivity contribution in [3.63, 3.8) is 0 Å². The molecule has 1 fully saturated rings. The van der Waals surface area contributed by atoms with Crippen molar-refractivity contribution >= 4 is 0 Å². The fraction of sp³-hybridized carbons (Fsp3) is 0.647. The Labute approximate surface area is 112 Å². The Morgan fingerprint density at radius 1 is 1.06 bits per heavy atom. The van der Waals surface area contributed by atoms with Gasteiger partial charge in [0.1, 0.15) is 0 Å². The van der Waals surface area contributed by atoms with Crippen molar-refractivity contribution in [3.8, 4) is 0 Å². The van der Waals surface area contributed by atoms with Crippen LogP contribution < -0.4 is 5.32 Å². The summed E-state index contributed by atoms with van der Waals surface area (Å²) >= 11 is 0. The van der Waals surface area contributed by atoms with Gasteiger partial charge in [-0.25, -0.2) is 0 Å². The lowest BCUT2D eigenvalue weighted by Crippen LogP contribution is -2.27. The predicted octanol–water partition coefficient (Wildman–Crippen LogP) is 4.31. The van der Waals surface area contributed by atoms with Crippen LogP contribution in [0.4, 0.5) is 0 Å². The number of rotatable bonds is 3. The molecule has 0 saturated heterocycles. The summed E-state index contributed by atoms with van der Waals surface area (Å²) in [6, 6.07) is 5.27. The highest BCUT2D eigenvalue weighted by Gasteiger charge is 2.31. The third kappa shape index (κ3) is 2.47. The van der Waals surface area contributed by atoms with E-state index >= 15 is 0 Å². The predicted molar refractivity (Wildman–Crippen MR) is 79.0 cm³/mol. The van der Waals surface area contributed by atoms with Gasteiger partial charge in [0.25, 0.3) is 0 Å². The SMILES string of the molecule is CNC(c1cc(C)c(C)cc1C)C1CCCC1C. The summed E-state index contributed by atoms with van der Waals surface area (Å²) in [5.41, 5.74) is 5.78. The number of nitrogens with one attached hydrogen (secondary N) is 1. The average molecular weight is 245 g/mol. The van der Waals surface area contributed by atoms with Gasteiger partial charge in [0, 0.05) is 6.04 Å². The molecule has 1 aromatic carbocycles. The maximum absolute atomic E-state index is 3.58. The molecule has 3 atom stereocenters. The summed E-state index contributed by atoms with van der Waals surface area (Å²) in [7, 11) is 2.12. The van der Waals surface area contributed by atoms with Gasteiger partial charge >= 0.3 is 0 Å². The van der Waals surface area contributed by atoms with Crippen LogP contribution in [0.5, 0.6) is 0 Å². The maximum Gasteiger partial charge on any atom is 0.0351 e. The fourth-order valence-electron chi connectivity index (χ4n) is 3.59. The minimum atomic E-state index is 0.529. The van der Waals surface area contributed by atoms with Crippen molar-refractivity contribution in [1.82, 2.24) is 5.32 Å². The summed E-state index contributed by atoms with van der Waals surface area (Å²) in [4.78, 5) is 0. The van der Waals surface area contributed by atoms with E-state index in [4.69, 9.17) is 0 Å². The van der Waals surface area contributed by atoms with Crippen LogP contribution in [-0.4, -0.2) is 7.05 Å². The molecular formula is C17H27N. The van der Waals surface area contributed by atoms with Crippen molar-refractivity contribution in [2.24, 2.45) is 11.8 Å². The first-order valence-corrected chi connectivity index (χ1v) is 7.29. The lowest BCUT2D eigenvalue weighted by Gasteiger charge is -2.29. The average Bonchev–Trinajstić information content (AvgIpc) is 2.73. The summed E-state index contributed by atoms with van der Waals surface area (Å²) in [6.07, 6.45) is 4.17. The van der Waals surface area contributed by atoms with Crippen LogP contribution in [0.15, 0.2) is 12.1 Å². The summed E-state index contributed by atoms with van der Waals surface area (Å²) in [6.45, 7) is 9.10. The number of hydrogen-bond acceptors (Lipinski definition) is 1. The molecule has 0 heterocycles. The van der Waals surface area contributed by atoms with Gasteiger partial charge in [0.15, 0.2) is 0 Å². The van der Waals surface area contributed by atoms with Crippen molar-refractivity contribution in [2.75, 3.05) is 7.05 Å². The van der Waals surface area contributed by atoms with E-state index in [1.807, 2.05) is 0 Å². The first-order valence-electron chi connectivity index (χ1n) is 7.29. The van der Waals surface area contributed by atoms with Crippen LogP contribution in [0.25, 0.3) is 0 Å². The zero-order valence-electron chi connectivity index (χ0n) is 12.5. The quantitative estimate of drug-likeness (QED) is 0.837. The van der Waals surface area contributed by atoms with Crippen molar-refractivity contribution in [2.45, 2.75) is 53.0 Å². The third-order valence-corrected chi connectivity index (χ3v) is 4.88. The summed E-state index contributed by atoms with van der Waals surface area (Å²) in [5, 5.41) is 3.58.